The number of likely N-dealkylation sites (tertiary alicyclic amines) is 1. The Morgan fingerprint density at radius 1 is 1.37 bits per heavy atom. The van der Waals surface area contributed by atoms with Gasteiger partial charge < -0.3 is 10.5 Å². The lowest BCUT2D eigenvalue weighted by molar-refractivity contribution is 0.0433. The van der Waals surface area contributed by atoms with Gasteiger partial charge in [-0.25, -0.2) is 0 Å². The number of benzene rings is 1. The van der Waals surface area contributed by atoms with Crippen molar-refractivity contribution in [3.63, 3.8) is 0 Å². The molecule has 3 nitrogen and oxygen atoms in total. The van der Waals surface area contributed by atoms with Crippen molar-refractivity contribution >= 4 is 0 Å². The second-order valence-electron chi connectivity index (χ2n) is 6.59. The van der Waals surface area contributed by atoms with E-state index in [1.165, 1.54) is 30.5 Å². The predicted molar refractivity (Wildman–Crippen MR) is 75.3 cm³/mol. The first kappa shape index (κ1) is 11.7. The molecule has 1 aromatic rings. The van der Waals surface area contributed by atoms with E-state index in [0.29, 0.717) is 0 Å². The predicted octanol–water partition coefficient (Wildman–Crippen LogP) is 2.38. The van der Waals surface area contributed by atoms with E-state index in [9.17, 15) is 0 Å². The summed E-state index contributed by atoms with van der Waals surface area (Å²) in [5, 5.41) is 0. The van der Waals surface area contributed by atoms with Gasteiger partial charge in [0.15, 0.2) is 0 Å². The molecule has 1 saturated carbocycles. The van der Waals surface area contributed by atoms with Crippen LogP contribution >= 0.6 is 0 Å². The Hall–Kier alpha value is -1.06. The molecule has 1 aliphatic carbocycles. The van der Waals surface area contributed by atoms with Crippen LogP contribution < -0.4 is 10.5 Å². The van der Waals surface area contributed by atoms with Crippen molar-refractivity contribution in [2.45, 2.75) is 50.3 Å². The van der Waals surface area contributed by atoms with Crippen LogP contribution in [0.2, 0.25) is 0 Å². The first-order chi connectivity index (χ1) is 9.15. The molecule has 0 amide bonds. The Morgan fingerprint density at radius 3 is 3.00 bits per heavy atom. The van der Waals surface area contributed by atoms with Crippen LogP contribution in [-0.2, 0) is 0 Å². The molecule has 1 aromatic carbocycles. The van der Waals surface area contributed by atoms with Crippen molar-refractivity contribution in [3.8, 4) is 5.75 Å². The molecule has 2 heterocycles. The van der Waals surface area contributed by atoms with E-state index in [-0.39, 0.29) is 11.6 Å². The standard InChI is InChI=1S/C16H22N2O/c1-11-2-5-15-13(8-11)14(17)9-16(19-15)6-7-18(10-16)12-3-4-12/h2,5,8,12,14H,3-4,6-7,9-10,17H2,1H3/t14-,16?/m0/s1. The minimum absolute atomic E-state index is 0.0235. The SMILES string of the molecule is Cc1ccc2c(c1)[C@@H](N)CC1(CCN(C3CC3)C1)O2. The Balaban J connectivity index is 1.62. The number of hydrogen-bond acceptors (Lipinski definition) is 3. The molecule has 102 valence electrons. The van der Waals surface area contributed by atoms with Gasteiger partial charge in [0.25, 0.3) is 0 Å². The molecule has 1 unspecified atom stereocenters. The molecule has 2 atom stereocenters. The van der Waals surface area contributed by atoms with Gasteiger partial charge in [0.2, 0.25) is 0 Å². The maximum Gasteiger partial charge on any atom is 0.125 e. The van der Waals surface area contributed by atoms with Crippen LogP contribution in [0.4, 0.5) is 0 Å². The summed E-state index contributed by atoms with van der Waals surface area (Å²) in [5.74, 6) is 1.02. The summed E-state index contributed by atoms with van der Waals surface area (Å²) >= 11 is 0. The van der Waals surface area contributed by atoms with E-state index in [4.69, 9.17) is 10.5 Å². The van der Waals surface area contributed by atoms with Crippen LogP contribution in [0, 0.1) is 6.92 Å². The molecule has 4 rings (SSSR count). The number of aryl methyl sites for hydroxylation is 1. The highest BCUT2D eigenvalue weighted by Gasteiger charge is 2.48. The lowest BCUT2D eigenvalue weighted by Crippen LogP contribution is -2.45. The molecule has 2 N–H and O–H groups in total. The van der Waals surface area contributed by atoms with Gasteiger partial charge in [-0.3, -0.25) is 4.90 Å². The van der Waals surface area contributed by atoms with Gasteiger partial charge in [0, 0.05) is 43.6 Å². The summed E-state index contributed by atoms with van der Waals surface area (Å²) in [7, 11) is 0. The lowest BCUT2D eigenvalue weighted by Gasteiger charge is -2.39. The van der Waals surface area contributed by atoms with Crippen molar-refractivity contribution in [1.82, 2.24) is 4.90 Å². The molecule has 1 saturated heterocycles. The zero-order valence-electron chi connectivity index (χ0n) is 11.6. The normalized spacial score (nSPS) is 34.3. The summed E-state index contributed by atoms with van der Waals surface area (Å²) in [6.45, 7) is 4.36. The third-order valence-electron chi connectivity index (χ3n) is 4.89. The third kappa shape index (κ3) is 1.96. The fourth-order valence-corrected chi connectivity index (χ4v) is 3.71. The topological polar surface area (TPSA) is 38.5 Å². The van der Waals surface area contributed by atoms with Crippen LogP contribution in [0.1, 0.15) is 42.9 Å². The van der Waals surface area contributed by atoms with Gasteiger partial charge in [-0.1, -0.05) is 17.7 Å². The number of fused-ring (bicyclic) bond motifs is 1. The number of ether oxygens (including phenoxy) is 1. The monoisotopic (exact) mass is 258 g/mol. The Morgan fingerprint density at radius 2 is 2.21 bits per heavy atom. The molecule has 3 aliphatic rings. The molecule has 0 radical (unpaired) electrons. The maximum atomic E-state index is 6.41. The van der Waals surface area contributed by atoms with E-state index in [0.717, 1.165) is 31.2 Å². The van der Waals surface area contributed by atoms with Gasteiger partial charge in [-0.05, 0) is 25.8 Å². The van der Waals surface area contributed by atoms with E-state index in [1.54, 1.807) is 0 Å². The Labute approximate surface area is 114 Å². The number of hydrogen-bond donors (Lipinski definition) is 1. The number of rotatable bonds is 1. The largest absolute Gasteiger partial charge is 0.485 e. The second-order valence-corrected chi connectivity index (χ2v) is 6.59. The molecular formula is C16H22N2O. The highest BCUT2D eigenvalue weighted by Crippen LogP contribution is 2.45. The molecule has 19 heavy (non-hydrogen) atoms. The van der Waals surface area contributed by atoms with E-state index < -0.39 is 0 Å². The molecular weight excluding hydrogens is 236 g/mol. The zero-order valence-corrected chi connectivity index (χ0v) is 11.6. The molecule has 0 bridgehead atoms. The van der Waals surface area contributed by atoms with Gasteiger partial charge in [0.1, 0.15) is 11.4 Å². The van der Waals surface area contributed by atoms with Gasteiger partial charge in [0.05, 0.1) is 0 Å². The minimum atomic E-state index is -0.0235. The fourth-order valence-electron chi connectivity index (χ4n) is 3.71. The smallest absolute Gasteiger partial charge is 0.125 e. The molecule has 2 aliphatic heterocycles. The van der Waals surface area contributed by atoms with E-state index in [1.807, 2.05) is 0 Å². The van der Waals surface area contributed by atoms with Gasteiger partial charge in [-0.15, -0.1) is 0 Å². The van der Waals surface area contributed by atoms with E-state index >= 15 is 0 Å². The Kier molecular flexibility index (Phi) is 2.45. The highest BCUT2D eigenvalue weighted by atomic mass is 16.5. The van der Waals surface area contributed by atoms with Crippen molar-refractivity contribution in [2.75, 3.05) is 13.1 Å². The van der Waals surface area contributed by atoms with Crippen molar-refractivity contribution in [3.05, 3.63) is 29.3 Å². The van der Waals surface area contributed by atoms with Crippen LogP contribution in [-0.4, -0.2) is 29.6 Å². The maximum absolute atomic E-state index is 6.41. The summed E-state index contributed by atoms with van der Waals surface area (Å²) in [5.41, 5.74) is 8.84. The Bertz CT molecular complexity index is 511. The summed E-state index contributed by atoms with van der Waals surface area (Å²) < 4.78 is 6.39. The third-order valence-corrected chi connectivity index (χ3v) is 4.89. The zero-order chi connectivity index (χ0) is 13.0. The average molecular weight is 258 g/mol. The van der Waals surface area contributed by atoms with E-state index in [2.05, 4.69) is 30.0 Å². The lowest BCUT2D eigenvalue weighted by atomic mass is 9.86. The molecule has 1 spiro atoms. The first-order valence-corrected chi connectivity index (χ1v) is 7.44. The number of nitrogens with zero attached hydrogens (tertiary/aromatic N) is 1. The molecule has 3 heteroatoms. The first-order valence-electron chi connectivity index (χ1n) is 7.44. The van der Waals surface area contributed by atoms with Crippen molar-refractivity contribution < 1.29 is 4.74 Å². The minimum Gasteiger partial charge on any atom is -0.485 e. The fraction of sp³-hybridized carbons (Fsp3) is 0.625. The quantitative estimate of drug-likeness (QED) is 0.840. The van der Waals surface area contributed by atoms with Crippen molar-refractivity contribution in [1.29, 1.82) is 0 Å². The van der Waals surface area contributed by atoms with Gasteiger partial charge in [-0.2, -0.15) is 0 Å². The molecule has 2 fully saturated rings. The average Bonchev–Trinajstić information content (AvgIpc) is 3.15. The van der Waals surface area contributed by atoms with Crippen LogP contribution in [0.25, 0.3) is 0 Å². The summed E-state index contributed by atoms with van der Waals surface area (Å²) in [6, 6.07) is 7.37. The second kappa shape index (κ2) is 3.97. The molecule has 0 aromatic heterocycles. The van der Waals surface area contributed by atoms with Crippen molar-refractivity contribution in [2.24, 2.45) is 5.73 Å². The van der Waals surface area contributed by atoms with Crippen LogP contribution in [0.15, 0.2) is 18.2 Å². The van der Waals surface area contributed by atoms with Gasteiger partial charge >= 0.3 is 0 Å². The summed E-state index contributed by atoms with van der Waals surface area (Å²) in [4.78, 5) is 2.60. The highest BCUT2D eigenvalue weighted by molar-refractivity contribution is 5.41. The van der Waals surface area contributed by atoms with Crippen LogP contribution in [0.3, 0.4) is 0 Å². The number of nitrogens with two attached hydrogens (primary N) is 1. The van der Waals surface area contributed by atoms with Crippen LogP contribution in [0.5, 0.6) is 5.75 Å². The summed E-state index contributed by atoms with van der Waals surface area (Å²) in [6.07, 6.45) is 4.84.